The molecule has 3 rings (SSSR count). The highest BCUT2D eigenvalue weighted by Gasteiger charge is 2.28. The topological polar surface area (TPSA) is 66.5 Å². The molecule has 1 atom stereocenters. The lowest BCUT2D eigenvalue weighted by atomic mass is 10.0. The van der Waals surface area contributed by atoms with E-state index in [-0.39, 0.29) is 16.8 Å². The molecule has 1 heterocycles. The molecule has 0 bridgehead atoms. The van der Waals surface area contributed by atoms with Gasteiger partial charge >= 0.3 is 0 Å². The van der Waals surface area contributed by atoms with Gasteiger partial charge in [0, 0.05) is 17.6 Å². The first-order valence-corrected chi connectivity index (χ1v) is 11.2. The summed E-state index contributed by atoms with van der Waals surface area (Å²) in [5.74, 6) is -0.309. The number of amides is 1. The van der Waals surface area contributed by atoms with Crippen LogP contribution < -0.4 is 5.32 Å². The maximum atomic E-state index is 12.8. The Morgan fingerprint density at radius 3 is 2.48 bits per heavy atom. The Labute approximate surface area is 169 Å². The lowest BCUT2D eigenvalue weighted by Crippen LogP contribution is -2.29. The second-order valence-corrected chi connectivity index (χ2v) is 9.60. The fourth-order valence-electron chi connectivity index (χ4n) is 3.34. The molecule has 1 unspecified atom stereocenters. The number of nitrogens with zero attached hydrogens (tertiary/aromatic N) is 1. The number of hydrogen-bond acceptors (Lipinski definition) is 3. The van der Waals surface area contributed by atoms with Gasteiger partial charge in [0.2, 0.25) is 10.0 Å². The van der Waals surface area contributed by atoms with E-state index in [1.807, 2.05) is 38.1 Å². The molecule has 1 saturated heterocycles. The van der Waals surface area contributed by atoms with Crippen LogP contribution in [0.3, 0.4) is 0 Å². The molecule has 0 saturated carbocycles. The lowest BCUT2D eigenvalue weighted by Gasteiger charge is -2.19. The van der Waals surface area contributed by atoms with E-state index in [1.54, 1.807) is 12.1 Å². The molecule has 2 aromatic carbocycles. The molecule has 0 aliphatic carbocycles. The smallest absolute Gasteiger partial charge is 0.252 e. The van der Waals surface area contributed by atoms with Crippen molar-refractivity contribution in [2.24, 2.45) is 0 Å². The van der Waals surface area contributed by atoms with Gasteiger partial charge in [0.1, 0.15) is 0 Å². The molecule has 2 aromatic rings. The number of halogens is 1. The van der Waals surface area contributed by atoms with Gasteiger partial charge in [-0.15, -0.1) is 0 Å². The summed E-state index contributed by atoms with van der Waals surface area (Å²) in [7, 11) is -3.57. The van der Waals surface area contributed by atoms with Gasteiger partial charge in [0.15, 0.2) is 0 Å². The summed E-state index contributed by atoms with van der Waals surface area (Å²) >= 11 is 3.37. The van der Waals surface area contributed by atoms with E-state index in [2.05, 4.69) is 21.2 Å². The fourth-order valence-corrected chi connectivity index (χ4v) is 5.31. The van der Waals surface area contributed by atoms with Crippen LogP contribution in [-0.4, -0.2) is 31.7 Å². The molecule has 1 aliphatic heterocycles. The minimum Gasteiger partial charge on any atom is -0.345 e. The van der Waals surface area contributed by atoms with Gasteiger partial charge in [0.25, 0.3) is 5.91 Å². The highest BCUT2D eigenvalue weighted by atomic mass is 79.9. The Hall–Kier alpha value is -1.70. The predicted octanol–water partition coefficient (Wildman–Crippen LogP) is 4.03. The third-order valence-electron chi connectivity index (χ3n) is 4.89. The molecular formula is C20H23BrN2O3S. The lowest BCUT2D eigenvalue weighted by molar-refractivity contribution is 0.0939. The van der Waals surface area contributed by atoms with Crippen molar-refractivity contribution in [1.29, 1.82) is 0 Å². The molecule has 1 amide bonds. The van der Waals surface area contributed by atoms with Crippen molar-refractivity contribution in [3.05, 3.63) is 63.6 Å². The van der Waals surface area contributed by atoms with Gasteiger partial charge in [-0.3, -0.25) is 4.79 Å². The fraction of sp³-hybridized carbons (Fsp3) is 0.350. The molecule has 1 aliphatic rings. The van der Waals surface area contributed by atoms with Gasteiger partial charge in [-0.05, 0) is 71.9 Å². The molecular weight excluding hydrogens is 428 g/mol. The number of sulfonamides is 1. The first kappa shape index (κ1) is 20.0. The Balaban J connectivity index is 1.86. The van der Waals surface area contributed by atoms with Crippen LogP contribution in [0, 0.1) is 6.92 Å². The Kier molecular flexibility index (Phi) is 6.03. The molecule has 0 radical (unpaired) electrons. The normalized spacial score (nSPS) is 16.3. The monoisotopic (exact) mass is 450 g/mol. The zero-order valence-corrected chi connectivity index (χ0v) is 17.8. The van der Waals surface area contributed by atoms with Crippen LogP contribution >= 0.6 is 15.9 Å². The number of carbonyl (C=O) groups excluding carboxylic acids is 1. The van der Waals surface area contributed by atoms with Crippen LogP contribution in [0.1, 0.15) is 47.3 Å². The van der Waals surface area contributed by atoms with Crippen LogP contribution in [0.5, 0.6) is 0 Å². The van der Waals surface area contributed by atoms with Crippen LogP contribution in [0.15, 0.2) is 51.8 Å². The molecule has 1 fully saturated rings. The number of carbonyl (C=O) groups is 1. The third kappa shape index (κ3) is 4.25. The summed E-state index contributed by atoms with van der Waals surface area (Å²) in [6, 6.07) is 12.3. The highest BCUT2D eigenvalue weighted by molar-refractivity contribution is 9.10. The number of nitrogens with one attached hydrogen (secondary N) is 1. The van der Waals surface area contributed by atoms with E-state index in [0.29, 0.717) is 23.1 Å². The van der Waals surface area contributed by atoms with Crippen molar-refractivity contribution in [2.75, 3.05) is 13.1 Å². The van der Waals surface area contributed by atoms with Crippen molar-refractivity contribution in [1.82, 2.24) is 9.62 Å². The molecule has 144 valence electrons. The Bertz CT molecular complexity index is 953. The van der Waals surface area contributed by atoms with Crippen molar-refractivity contribution >= 4 is 31.9 Å². The van der Waals surface area contributed by atoms with Gasteiger partial charge in [-0.25, -0.2) is 8.42 Å². The first-order valence-electron chi connectivity index (χ1n) is 8.97. The largest absolute Gasteiger partial charge is 0.345 e. The zero-order valence-electron chi connectivity index (χ0n) is 15.4. The second kappa shape index (κ2) is 8.12. The van der Waals surface area contributed by atoms with Crippen molar-refractivity contribution in [3.63, 3.8) is 0 Å². The Morgan fingerprint density at radius 2 is 1.81 bits per heavy atom. The summed E-state index contributed by atoms with van der Waals surface area (Å²) in [4.78, 5) is 13.0. The average Bonchev–Trinajstić information content (AvgIpc) is 3.17. The van der Waals surface area contributed by atoms with E-state index in [4.69, 9.17) is 0 Å². The molecule has 1 N–H and O–H groups in total. The molecule has 0 aromatic heterocycles. The van der Waals surface area contributed by atoms with Gasteiger partial charge in [-0.1, -0.05) is 24.3 Å². The van der Waals surface area contributed by atoms with E-state index >= 15 is 0 Å². The average molecular weight is 451 g/mol. The maximum Gasteiger partial charge on any atom is 0.252 e. The van der Waals surface area contributed by atoms with E-state index < -0.39 is 10.0 Å². The van der Waals surface area contributed by atoms with E-state index in [9.17, 15) is 13.2 Å². The van der Waals surface area contributed by atoms with Gasteiger partial charge in [-0.2, -0.15) is 4.31 Å². The van der Waals surface area contributed by atoms with Gasteiger partial charge < -0.3 is 5.32 Å². The Morgan fingerprint density at radius 1 is 1.15 bits per heavy atom. The highest BCUT2D eigenvalue weighted by Crippen LogP contribution is 2.26. The van der Waals surface area contributed by atoms with Crippen molar-refractivity contribution in [3.8, 4) is 0 Å². The van der Waals surface area contributed by atoms with Crippen LogP contribution in [0.25, 0.3) is 0 Å². The van der Waals surface area contributed by atoms with Crippen LogP contribution in [-0.2, 0) is 10.0 Å². The minimum atomic E-state index is -3.57. The summed E-state index contributed by atoms with van der Waals surface area (Å²) in [6.45, 7) is 4.98. The molecule has 7 heteroatoms. The summed E-state index contributed by atoms with van der Waals surface area (Å²) in [5, 5.41) is 2.96. The van der Waals surface area contributed by atoms with E-state index in [1.165, 1.54) is 10.4 Å². The molecule has 0 spiro atoms. The summed E-state index contributed by atoms with van der Waals surface area (Å²) in [6.07, 6.45) is 1.74. The molecule has 27 heavy (non-hydrogen) atoms. The first-order chi connectivity index (χ1) is 12.8. The minimum absolute atomic E-state index is 0.154. The maximum absolute atomic E-state index is 12.8. The second-order valence-electron chi connectivity index (χ2n) is 6.80. The van der Waals surface area contributed by atoms with Crippen molar-refractivity contribution in [2.45, 2.75) is 37.6 Å². The number of benzene rings is 2. The standard InChI is InChI=1S/C20H23BrN2O3S/c1-14-7-3-4-8-17(14)15(2)22-20(24)18-13-16(9-10-19(18)21)27(25,26)23-11-5-6-12-23/h3-4,7-10,13,15H,5-6,11-12H2,1-2H3,(H,22,24). The number of rotatable bonds is 5. The number of aryl methyl sites for hydroxylation is 1. The summed E-state index contributed by atoms with van der Waals surface area (Å²) in [5.41, 5.74) is 2.44. The predicted molar refractivity (Wildman–Crippen MR) is 109 cm³/mol. The summed E-state index contributed by atoms with van der Waals surface area (Å²) < 4.78 is 27.6. The third-order valence-corrected chi connectivity index (χ3v) is 7.47. The molecule has 5 nitrogen and oxygen atoms in total. The van der Waals surface area contributed by atoms with E-state index in [0.717, 1.165) is 24.0 Å². The van der Waals surface area contributed by atoms with Crippen molar-refractivity contribution < 1.29 is 13.2 Å². The number of hydrogen-bond donors (Lipinski definition) is 1. The SMILES string of the molecule is Cc1ccccc1C(C)NC(=O)c1cc(S(=O)(=O)N2CCCC2)ccc1Br. The quantitative estimate of drug-likeness (QED) is 0.747. The zero-order chi connectivity index (χ0) is 19.6. The van der Waals surface area contributed by atoms with Gasteiger partial charge in [0.05, 0.1) is 16.5 Å². The van der Waals surface area contributed by atoms with Crippen LogP contribution in [0.4, 0.5) is 0 Å². The van der Waals surface area contributed by atoms with Crippen LogP contribution in [0.2, 0.25) is 0 Å².